The van der Waals surface area contributed by atoms with Crippen molar-refractivity contribution in [2.24, 2.45) is 4.99 Å². The molecule has 0 aliphatic carbocycles. The van der Waals surface area contributed by atoms with Crippen molar-refractivity contribution in [1.82, 2.24) is 0 Å². The van der Waals surface area contributed by atoms with Crippen molar-refractivity contribution in [2.45, 2.75) is 0 Å². The van der Waals surface area contributed by atoms with Crippen LogP contribution >= 0.6 is 0 Å². The zero-order valence-corrected chi connectivity index (χ0v) is 10.1. The molecule has 1 aliphatic rings. The van der Waals surface area contributed by atoms with E-state index in [1.165, 1.54) is 6.08 Å². The third-order valence-corrected chi connectivity index (χ3v) is 2.76. The fourth-order valence-electron chi connectivity index (χ4n) is 1.86. The fourth-order valence-corrected chi connectivity index (χ4v) is 1.86. The fraction of sp³-hybridized carbons (Fsp3) is 0. The van der Waals surface area contributed by atoms with Gasteiger partial charge in [0.25, 0.3) is 0 Å². The number of esters is 1. The number of rotatable bonds is 1. The van der Waals surface area contributed by atoms with E-state index in [0.717, 1.165) is 11.3 Å². The number of aliphatic imine (C=N–C) groups is 1. The van der Waals surface area contributed by atoms with Gasteiger partial charge in [-0.25, -0.2) is 9.79 Å². The predicted octanol–water partition coefficient (Wildman–Crippen LogP) is 3.28. The zero-order chi connectivity index (χ0) is 13.1. The summed E-state index contributed by atoms with van der Waals surface area (Å²) in [6.07, 6.45) is 3.06. The summed E-state index contributed by atoms with van der Waals surface area (Å²) in [5.41, 5.74) is 2.35. The molecule has 0 radical (unpaired) electrons. The second-order valence-corrected chi connectivity index (χ2v) is 4.09. The Morgan fingerprint density at radius 1 is 0.842 bits per heavy atom. The lowest BCUT2D eigenvalue weighted by atomic mass is 10.1. The number of para-hydroxylation sites is 2. The minimum Gasteiger partial charge on any atom is -0.421 e. The number of fused-ring (bicyclic) bond motifs is 1. The first-order valence-corrected chi connectivity index (χ1v) is 5.96. The summed E-state index contributed by atoms with van der Waals surface area (Å²) in [6, 6.07) is 17.0. The summed E-state index contributed by atoms with van der Waals surface area (Å²) in [6.45, 7) is 0. The summed E-state index contributed by atoms with van der Waals surface area (Å²) in [5, 5.41) is 0. The molecule has 0 amide bonds. The molecule has 1 aliphatic heterocycles. The van der Waals surface area contributed by atoms with Gasteiger partial charge in [-0.15, -0.1) is 0 Å². The molecular weight excluding hydrogens is 238 g/mol. The van der Waals surface area contributed by atoms with Crippen molar-refractivity contribution in [3.63, 3.8) is 0 Å². The van der Waals surface area contributed by atoms with E-state index in [0.29, 0.717) is 11.4 Å². The van der Waals surface area contributed by atoms with Crippen molar-refractivity contribution in [2.75, 3.05) is 0 Å². The van der Waals surface area contributed by atoms with Gasteiger partial charge in [-0.05, 0) is 18.2 Å². The van der Waals surface area contributed by atoms with Gasteiger partial charge in [0.05, 0.1) is 5.71 Å². The number of hydrogen-bond acceptors (Lipinski definition) is 3. The lowest BCUT2D eigenvalue weighted by molar-refractivity contribution is -0.128. The van der Waals surface area contributed by atoms with E-state index in [-0.39, 0.29) is 0 Å². The van der Waals surface area contributed by atoms with E-state index >= 15 is 0 Å². The van der Waals surface area contributed by atoms with Crippen LogP contribution in [0.5, 0.6) is 5.75 Å². The Hall–Kier alpha value is -2.68. The van der Waals surface area contributed by atoms with Gasteiger partial charge in [0.15, 0.2) is 5.75 Å². The Labute approximate surface area is 110 Å². The molecule has 3 heteroatoms. The van der Waals surface area contributed by atoms with Gasteiger partial charge in [-0.3, -0.25) is 0 Å². The van der Waals surface area contributed by atoms with Crippen LogP contribution in [0.2, 0.25) is 0 Å². The molecule has 0 spiro atoms. The van der Waals surface area contributed by atoms with Gasteiger partial charge in [0, 0.05) is 11.6 Å². The first-order valence-electron chi connectivity index (χ1n) is 5.96. The van der Waals surface area contributed by atoms with Gasteiger partial charge >= 0.3 is 5.97 Å². The van der Waals surface area contributed by atoms with Crippen LogP contribution in [0, 0.1) is 0 Å². The van der Waals surface area contributed by atoms with Crippen molar-refractivity contribution < 1.29 is 9.53 Å². The molecule has 2 aromatic rings. The molecule has 2 aromatic carbocycles. The number of carbonyl (C=O) groups excluding carboxylic acids is 1. The van der Waals surface area contributed by atoms with Crippen molar-refractivity contribution in [3.05, 3.63) is 72.3 Å². The number of allylic oxidation sites excluding steroid dienone is 1. The summed E-state index contributed by atoms with van der Waals surface area (Å²) < 4.78 is 5.19. The average Bonchev–Trinajstić information content (AvgIpc) is 2.44. The van der Waals surface area contributed by atoms with Gasteiger partial charge in [0.1, 0.15) is 5.69 Å². The van der Waals surface area contributed by atoms with Crippen LogP contribution in [0.3, 0.4) is 0 Å². The highest BCUT2D eigenvalue weighted by molar-refractivity contribution is 6.12. The number of benzene rings is 2. The highest BCUT2D eigenvalue weighted by atomic mass is 16.5. The standard InChI is InChI=1S/C16H11NO2/c18-16-11-10-13(12-6-2-1-3-7-12)17-14-8-4-5-9-15(14)19-16/h1-11H/b11-10-,17-13?. The maximum absolute atomic E-state index is 11.6. The largest absolute Gasteiger partial charge is 0.421 e. The topological polar surface area (TPSA) is 38.7 Å². The van der Waals surface area contributed by atoms with Gasteiger partial charge in [-0.1, -0.05) is 42.5 Å². The van der Waals surface area contributed by atoms with Crippen LogP contribution in [0.15, 0.2) is 71.7 Å². The van der Waals surface area contributed by atoms with Crippen molar-refractivity contribution in [1.29, 1.82) is 0 Å². The van der Waals surface area contributed by atoms with E-state index in [4.69, 9.17) is 4.74 Å². The Bertz CT molecular complexity index is 672. The molecule has 1 heterocycles. The van der Waals surface area contributed by atoms with E-state index < -0.39 is 5.97 Å². The highest BCUT2D eigenvalue weighted by Crippen LogP contribution is 2.29. The van der Waals surface area contributed by atoms with Crippen molar-refractivity contribution in [3.8, 4) is 5.75 Å². The molecule has 0 bridgehead atoms. The molecule has 0 unspecified atom stereocenters. The minimum atomic E-state index is -0.393. The maximum Gasteiger partial charge on any atom is 0.336 e. The summed E-state index contributed by atoms with van der Waals surface area (Å²) in [5.74, 6) is 0.0843. The third kappa shape index (κ3) is 2.45. The van der Waals surface area contributed by atoms with E-state index in [1.807, 2.05) is 48.5 Å². The van der Waals surface area contributed by atoms with Gasteiger partial charge < -0.3 is 4.74 Å². The summed E-state index contributed by atoms with van der Waals surface area (Å²) in [4.78, 5) is 16.2. The Kier molecular flexibility index (Phi) is 2.94. The average molecular weight is 249 g/mol. The number of ether oxygens (including phenoxy) is 1. The van der Waals surface area contributed by atoms with Gasteiger partial charge in [-0.2, -0.15) is 0 Å². The molecule has 0 saturated heterocycles. The molecule has 92 valence electrons. The molecule has 3 rings (SSSR count). The SMILES string of the molecule is O=C1/C=C\C(c2ccccc2)=Nc2ccccc2O1. The van der Waals surface area contributed by atoms with Gasteiger partial charge in [0.2, 0.25) is 0 Å². The monoisotopic (exact) mass is 249 g/mol. The summed E-state index contributed by atoms with van der Waals surface area (Å²) in [7, 11) is 0. The molecule has 3 nitrogen and oxygen atoms in total. The molecule has 0 saturated carbocycles. The number of carbonyl (C=O) groups is 1. The van der Waals surface area contributed by atoms with Crippen LogP contribution in [0.1, 0.15) is 5.56 Å². The molecule has 0 fully saturated rings. The third-order valence-electron chi connectivity index (χ3n) is 2.76. The second kappa shape index (κ2) is 4.90. The quantitative estimate of drug-likeness (QED) is 0.574. The normalized spacial score (nSPS) is 15.6. The summed E-state index contributed by atoms with van der Waals surface area (Å²) >= 11 is 0. The molecule has 0 N–H and O–H groups in total. The lowest BCUT2D eigenvalue weighted by Gasteiger charge is -2.09. The van der Waals surface area contributed by atoms with Crippen LogP contribution in [0.4, 0.5) is 5.69 Å². The predicted molar refractivity (Wildman–Crippen MR) is 73.9 cm³/mol. The molecule has 0 atom stereocenters. The molecule has 0 aromatic heterocycles. The van der Waals surface area contributed by atoms with Crippen LogP contribution in [-0.2, 0) is 4.79 Å². The maximum atomic E-state index is 11.6. The first kappa shape index (κ1) is 11.4. The Morgan fingerprint density at radius 2 is 1.58 bits per heavy atom. The minimum absolute atomic E-state index is 0.393. The second-order valence-electron chi connectivity index (χ2n) is 4.09. The van der Waals surface area contributed by atoms with E-state index in [2.05, 4.69) is 4.99 Å². The number of hydrogen-bond donors (Lipinski definition) is 0. The van der Waals surface area contributed by atoms with E-state index in [9.17, 15) is 4.79 Å². The highest BCUT2D eigenvalue weighted by Gasteiger charge is 2.11. The number of nitrogens with zero attached hydrogens (tertiary/aromatic N) is 1. The Balaban J connectivity index is 2.15. The van der Waals surface area contributed by atoms with Crippen LogP contribution in [-0.4, -0.2) is 11.7 Å². The first-order chi connectivity index (χ1) is 9.33. The zero-order valence-electron chi connectivity index (χ0n) is 10.1. The van der Waals surface area contributed by atoms with Crippen LogP contribution < -0.4 is 4.74 Å². The van der Waals surface area contributed by atoms with Crippen molar-refractivity contribution >= 4 is 17.4 Å². The molecular formula is C16H11NO2. The smallest absolute Gasteiger partial charge is 0.336 e. The molecule has 19 heavy (non-hydrogen) atoms. The van der Waals surface area contributed by atoms with E-state index in [1.54, 1.807) is 12.1 Å². The van der Waals surface area contributed by atoms with Crippen LogP contribution in [0.25, 0.3) is 0 Å². The Morgan fingerprint density at radius 3 is 2.42 bits per heavy atom. The lowest BCUT2D eigenvalue weighted by Crippen LogP contribution is -2.08.